The van der Waals surface area contributed by atoms with Crippen LogP contribution in [-0.4, -0.2) is 41.3 Å². The second-order valence-electron chi connectivity index (χ2n) is 5.52. The van der Waals surface area contributed by atoms with Gasteiger partial charge in [0.1, 0.15) is 11.6 Å². The van der Waals surface area contributed by atoms with Gasteiger partial charge in [0.25, 0.3) is 5.56 Å². The van der Waals surface area contributed by atoms with E-state index in [1.807, 2.05) is 20.8 Å². The van der Waals surface area contributed by atoms with Gasteiger partial charge in [0, 0.05) is 32.1 Å². The van der Waals surface area contributed by atoms with E-state index < -0.39 is 0 Å². The van der Waals surface area contributed by atoms with E-state index in [9.17, 15) is 4.79 Å². The molecule has 2 rings (SSSR count). The second kappa shape index (κ2) is 5.30. The summed E-state index contributed by atoms with van der Waals surface area (Å²) in [5, 5.41) is 0. The van der Waals surface area contributed by atoms with Gasteiger partial charge >= 0.3 is 0 Å². The fourth-order valence-corrected chi connectivity index (χ4v) is 2.42. The standard InChI is InChI=1S/C13H22N4O2/c1-4-10-15-11(5-12(18)16-10)17-7-9(6-14)19-13(2,3)8-17/h5,9H,4,6-8,14H2,1-3H3,(H,15,16,18). The van der Waals surface area contributed by atoms with Crippen LogP contribution in [0.2, 0.25) is 0 Å². The number of morpholine rings is 1. The monoisotopic (exact) mass is 266 g/mol. The van der Waals surface area contributed by atoms with E-state index in [4.69, 9.17) is 10.5 Å². The fourth-order valence-electron chi connectivity index (χ4n) is 2.42. The molecule has 0 radical (unpaired) electrons. The Kier molecular flexibility index (Phi) is 3.91. The van der Waals surface area contributed by atoms with Crippen LogP contribution >= 0.6 is 0 Å². The van der Waals surface area contributed by atoms with Crippen molar-refractivity contribution in [1.82, 2.24) is 9.97 Å². The summed E-state index contributed by atoms with van der Waals surface area (Å²) < 4.78 is 5.88. The highest BCUT2D eigenvalue weighted by atomic mass is 16.5. The number of anilines is 1. The molecule has 6 heteroatoms. The molecule has 1 aromatic rings. The van der Waals surface area contributed by atoms with E-state index in [-0.39, 0.29) is 17.3 Å². The molecule has 0 saturated carbocycles. The molecule has 2 heterocycles. The first-order valence-corrected chi connectivity index (χ1v) is 6.66. The van der Waals surface area contributed by atoms with Gasteiger partial charge in [0.15, 0.2) is 0 Å². The molecule has 1 unspecified atom stereocenters. The quantitative estimate of drug-likeness (QED) is 0.820. The van der Waals surface area contributed by atoms with Crippen LogP contribution in [0.25, 0.3) is 0 Å². The van der Waals surface area contributed by atoms with Gasteiger partial charge < -0.3 is 20.4 Å². The number of ether oxygens (including phenoxy) is 1. The lowest BCUT2D eigenvalue weighted by molar-refractivity contribution is -0.0790. The van der Waals surface area contributed by atoms with E-state index >= 15 is 0 Å². The predicted octanol–water partition coefficient (Wildman–Crippen LogP) is 0.275. The molecule has 0 aliphatic carbocycles. The van der Waals surface area contributed by atoms with Crippen LogP contribution in [-0.2, 0) is 11.2 Å². The number of nitrogens with zero attached hydrogens (tertiary/aromatic N) is 2. The maximum atomic E-state index is 11.6. The van der Waals surface area contributed by atoms with Crippen molar-refractivity contribution in [3.05, 3.63) is 22.2 Å². The van der Waals surface area contributed by atoms with Gasteiger partial charge in [-0.2, -0.15) is 0 Å². The average molecular weight is 266 g/mol. The fraction of sp³-hybridized carbons (Fsp3) is 0.692. The molecule has 106 valence electrons. The summed E-state index contributed by atoms with van der Waals surface area (Å²) in [5.41, 5.74) is 5.30. The summed E-state index contributed by atoms with van der Waals surface area (Å²) in [6.07, 6.45) is 0.673. The van der Waals surface area contributed by atoms with Crippen LogP contribution in [0.1, 0.15) is 26.6 Å². The van der Waals surface area contributed by atoms with Crippen LogP contribution in [0.4, 0.5) is 5.82 Å². The molecule has 0 aromatic carbocycles. The third-order valence-corrected chi connectivity index (χ3v) is 3.18. The molecule has 3 N–H and O–H groups in total. The summed E-state index contributed by atoms with van der Waals surface area (Å²) >= 11 is 0. The highest BCUT2D eigenvalue weighted by Gasteiger charge is 2.33. The van der Waals surface area contributed by atoms with Gasteiger partial charge in [0.2, 0.25) is 0 Å². The zero-order valence-corrected chi connectivity index (χ0v) is 11.8. The molecule has 1 saturated heterocycles. The van der Waals surface area contributed by atoms with E-state index in [0.29, 0.717) is 37.7 Å². The number of hydrogen-bond donors (Lipinski definition) is 2. The molecule has 1 fully saturated rings. The zero-order chi connectivity index (χ0) is 14.0. The number of aromatic amines is 1. The zero-order valence-electron chi connectivity index (χ0n) is 11.8. The number of aromatic nitrogens is 2. The van der Waals surface area contributed by atoms with Crippen LogP contribution in [0.3, 0.4) is 0 Å². The Hall–Kier alpha value is -1.40. The van der Waals surface area contributed by atoms with E-state index in [0.717, 1.165) is 0 Å². The van der Waals surface area contributed by atoms with Crippen LogP contribution in [0.15, 0.2) is 10.9 Å². The van der Waals surface area contributed by atoms with Crippen molar-refractivity contribution in [2.75, 3.05) is 24.5 Å². The number of rotatable bonds is 3. The molecule has 1 aromatic heterocycles. The summed E-state index contributed by atoms with van der Waals surface area (Å²) in [4.78, 5) is 20.9. The highest BCUT2D eigenvalue weighted by molar-refractivity contribution is 5.39. The summed E-state index contributed by atoms with van der Waals surface area (Å²) in [5.74, 6) is 1.41. The minimum Gasteiger partial charge on any atom is -0.367 e. The van der Waals surface area contributed by atoms with Crippen LogP contribution in [0.5, 0.6) is 0 Å². The minimum absolute atomic E-state index is 0.0325. The molecule has 6 nitrogen and oxygen atoms in total. The van der Waals surface area contributed by atoms with Crippen molar-refractivity contribution >= 4 is 5.82 Å². The molecule has 1 atom stereocenters. The molecular weight excluding hydrogens is 244 g/mol. The number of aryl methyl sites for hydroxylation is 1. The number of nitrogens with one attached hydrogen (secondary N) is 1. The van der Waals surface area contributed by atoms with Crippen molar-refractivity contribution in [3.63, 3.8) is 0 Å². The minimum atomic E-state index is -0.293. The third kappa shape index (κ3) is 3.33. The lowest BCUT2D eigenvalue weighted by atomic mass is 10.1. The molecular formula is C13H22N4O2. The van der Waals surface area contributed by atoms with Crippen LogP contribution < -0.4 is 16.2 Å². The van der Waals surface area contributed by atoms with Crippen molar-refractivity contribution in [3.8, 4) is 0 Å². The number of nitrogens with two attached hydrogens (primary N) is 1. The number of H-pyrrole nitrogens is 1. The Morgan fingerprint density at radius 1 is 1.63 bits per heavy atom. The first-order valence-electron chi connectivity index (χ1n) is 6.66. The van der Waals surface area contributed by atoms with E-state index in [2.05, 4.69) is 14.9 Å². The summed E-state index contributed by atoms with van der Waals surface area (Å²) in [7, 11) is 0. The van der Waals surface area contributed by atoms with Gasteiger partial charge in [-0.3, -0.25) is 4.79 Å². The largest absolute Gasteiger partial charge is 0.367 e. The van der Waals surface area contributed by atoms with Crippen LogP contribution in [0, 0.1) is 0 Å². The third-order valence-electron chi connectivity index (χ3n) is 3.18. The first-order chi connectivity index (χ1) is 8.93. The lowest BCUT2D eigenvalue weighted by Gasteiger charge is -2.43. The SMILES string of the molecule is CCc1nc(N2CC(CN)OC(C)(C)C2)cc(=O)[nH]1. The number of hydrogen-bond acceptors (Lipinski definition) is 5. The maximum Gasteiger partial charge on any atom is 0.252 e. The van der Waals surface area contributed by atoms with Crippen molar-refractivity contribution < 1.29 is 4.74 Å². The Labute approximate surface area is 113 Å². The van der Waals surface area contributed by atoms with Gasteiger partial charge in [-0.1, -0.05) is 6.92 Å². The summed E-state index contributed by atoms with van der Waals surface area (Å²) in [6.45, 7) is 7.84. The topological polar surface area (TPSA) is 84.2 Å². The molecule has 0 amide bonds. The normalized spacial score (nSPS) is 22.5. The maximum absolute atomic E-state index is 11.6. The molecule has 0 spiro atoms. The van der Waals surface area contributed by atoms with Crippen molar-refractivity contribution in [2.24, 2.45) is 5.73 Å². The highest BCUT2D eigenvalue weighted by Crippen LogP contribution is 2.23. The van der Waals surface area contributed by atoms with E-state index in [1.165, 1.54) is 6.07 Å². The predicted molar refractivity (Wildman–Crippen MR) is 74.5 cm³/mol. The molecule has 1 aliphatic rings. The van der Waals surface area contributed by atoms with Crippen molar-refractivity contribution in [1.29, 1.82) is 0 Å². The molecule has 0 bridgehead atoms. The van der Waals surface area contributed by atoms with E-state index in [1.54, 1.807) is 0 Å². The first kappa shape index (κ1) is 14.0. The lowest BCUT2D eigenvalue weighted by Crippen LogP contribution is -2.55. The second-order valence-corrected chi connectivity index (χ2v) is 5.52. The Bertz CT molecular complexity index is 498. The Balaban J connectivity index is 2.29. The van der Waals surface area contributed by atoms with Crippen molar-refractivity contribution in [2.45, 2.75) is 38.9 Å². The molecule has 1 aliphatic heterocycles. The summed E-state index contributed by atoms with van der Waals surface area (Å²) in [6, 6.07) is 1.54. The average Bonchev–Trinajstić information content (AvgIpc) is 2.36. The Morgan fingerprint density at radius 2 is 2.37 bits per heavy atom. The molecule has 19 heavy (non-hydrogen) atoms. The Morgan fingerprint density at radius 3 is 3.00 bits per heavy atom. The van der Waals surface area contributed by atoms with Gasteiger partial charge in [-0.15, -0.1) is 0 Å². The van der Waals surface area contributed by atoms with Gasteiger partial charge in [-0.05, 0) is 13.8 Å². The van der Waals surface area contributed by atoms with Gasteiger partial charge in [0.05, 0.1) is 11.7 Å². The van der Waals surface area contributed by atoms with Gasteiger partial charge in [-0.25, -0.2) is 4.98 Å². The smallest absolute Gasteiger partial charge is 0.252 e.